The molecule has 1 unspecified atom stereocenters. The van der Waals surface area contributed by atoms with E-state index < -0.39 is 0 Å². The zero-order valence-corrected chi connectivity index (χ0v) is 12.1. The molecule has 19 heavy (non-hydrogen) atoms. The van der Waals surface area contributed by atoms with E-state index in [1.54, 1.807) is 0 Å². The smallest absolute Gasteiger partial charge is 0.218 e. The SMILES string of the molecule is CCOc1cc(NCC2CCCCN2C)nc(C)n1. The highest BCUT2D eigenvalue weighted by Gasteiger charge is 2.18. The lowest BCUT2D eigenvalue weighted by Gasteiger charge is -2.32. The zero-order chi connectivity index (χ0) is 13.7. The van der Waals surface area contributed by atoms with E-state index in [0.717, 1.165) is 18.2 Å². The fourth-order valence-corrected chi connectivity index (χ4v) is 2.48. The second kappa shape index (κ2) is 6.70. The van der Waals surface area contributed by atoms with Gasteiger partial charge in [0.15, 0.2) is 0 Å². The summed E-state index contributed by atoms with van der Waals surface area (Å²) in [6, 6.07) is 2.47. The number of anilines is 1. The Morgan fingerprint density at radius 3 is 3.00 bits per heavy atom. The third-order valence-electron chi connectivity index (χ3n) is 3.55. The summed E-state index contributed by atoms with van der Waals surface area (Å²) in [5, 5.41) is 3.41. The lowest BCUT2D eigenvalue weighted by Crippen LogP contribution is -2.40. The highest BCUT2D eigenvalue weighted by molar-refractivity contribution is 5.38. The van der Waals surface area contributed by atoms with Crippen LogP contribution < -0.4 is 10.1 Å². The molecule has 5 nitrogen and oxygen atoms in total. The van der Waals surface area contributed by atoms with Gasteiger partial charge in [-0.3, -0.25) is 0 Å². The Morgan fingerprint density at radius 2 is 2.26 bits per heavy atom. The van der Waals surface area contributed by atoms with Crippen molar-refractivity contribution in [1.82, 2.24) is 14.9 Å². The third kappa shape index (κ3) is 4.06. The maximum atomic E-state index is 5.44. The predicted molar refractivity (Wildman–Crippen MR) is 76.7 cm³/mol. The average Bonchev–Trinajstić information content (AvgIpc) is 2.37. The number of piperidine rings is 1. The fraction of sp³-hybridized carbons (Fsp3) is 0.714. The molecule has 1 fully saturated rings. The number of aromatic nitrogens is 2. The topological polar surface area (TPSA) is 50.3 Å². The number of ether oxygens (including phenoxy) is 1. The molecule has 0 radical (unpaired) electrons. The summed E-state index contributed by atoms with van der Waals surface area (Å²) in [6.45, 7) is 6.60. The molecule has 2 rings (SSSR count). The average molecular weight is 264 g/mol. The first-order chi connectivity index (χ1) is 9.19. The summed E-state index contributed by atoms with van der Waals surface area (Å²) in [4.78, 5) is 11.1. The van der Waals surface area contributed by atoms with Crippen LogP contribution in [0.15, 0.2) is 6.07 Å². The molecule has 0 aromatic carbocycles. The van der Waals surface area contributed by atoms with Crippen LogP contribution in [0.2, 0.25) is 0 Å². The highest BCUT2D eigenvalue weighted by Crippen LogP contribution is 2.17. The minimum atomic E-state index is 0.597. The van der Waals surface area contributed by atoms with Gasteiger partial charge < -0.3 is 15.0 Å². The largest absolute Gasteiger partial charge is 0.478 e. The van der Waals surface area contributed by atoms with Crippen molar-refractivity contribution in [3.8, 4) is 5.88 Å². The summed E-state index contributed by atoms with van der Waals surface area (Å²) in [5.74, 6) is 2.25. The van der Waals surface area contributed by atoms with Crippen molar-refractivity contribution in [3.63, 3.8) is 0 Å². The van der Waals surface area contributed by atoms with Gasteiger partial charge in [-0.1, -0.05) is 6.42 Å². The number of likely N-dealkylation sites (N-methyl/N-ethyl adjacent to an activating group) is 1. The van der Waals surface area contributed by atoms with Gasteiger partial charge in [0.1, 0.15) is 11.6 Å². The van der Waals surface area contributed by atoms with Crippen molar-refractivity contribution in [1.29, 1.82) is 0 Å². The van der Waals surface area contributed by atoms with Crippen LogP contribution in [0, 0.1) is 6.92 Å². The number of aryl methyl sites for hydroxylation is 1. The van der Waals surface area contributed by atoms with Crippen LogP contribution in [0.5, 0.6) is 5.88 Å². The van der Waals surface area contributed by atoms with Crippen LogP contribution in [0.3, 0.4) is 0 Å². The number of likely N-dealkylation sites (tertiary alicyclic amines) is 1. The summed E-state index contributed by atoms with van der Waals surface area (Å²) in [5.41, 5.74) is 0. The molecule has 2 heterocycles. The van der Waals surface area contributed by atoms with Crippen LogP contribution in [0.4, 0.5) is 5.82 Å². The molecule has 1 aliphatic rings. The van der Waals surface area contributed by atoms with Crippen molar-refractivity contribution < 1.29 is 4.74 Å². The first kappa shape index (κ1) is 14.1. The summed E-state index contributed by atoms with van der Waals surface area (Å²) >= 11 is 0. The van der Waals surface area contributed by atoms with E-state index in [2.05, 4.69) is 27.2 Å². The van der Waals surface area contributed by atoms with E-state index in [1.165, 1.54) is 25.8 Å². The molecule has 0 aliphatic carbocycles. The van der Waals surface area contributed by atoms with Crippen LogP contribution in [0.1, 0.15) is 32.0 Å². The van der Waals surface area contributed by atoms with E-state index >= 15 is 0 Å². The standard InChI is InChI=1S/C14H24N4O/c1-4-19-14-9-13(16-11(2)17-14)15-10-12-7-5-6-8-18(12)3/h9,12H,4-8,10H2,1-3H3,(H,15,16,17). The minimum absolute atomic E-state index is 0.597. The Morgan fingerprint density at radius 1 is 1.42 bits per heavy atom. The number of rotatable bonds is 5. The molecule has 1 aromatic rings. The van der Waals surface area contributed by atoms with E-state index in [1.807, 2.05) is 19.9 Å². The Kier molecular flexibility index (Phi) is 4.96. The molecular formula is C14H24N4O. The summed E-state index contributed by atoms with van der Waals surface area (Å²) < 4.78 is 5.44. The molecule has 1 aliphatic heterocycles. The van der Waals surface area contributed by atoms with Gasteiger partial charge in [-0.25, -0.2) is 4.98 Å². The van der Waals surface area contributed by atoms with Crippen molar-refractivity contribution >= 4 is 5.82 Å². The Labute approximate surface area is 115 Å². The maximum absolute atomic E-state index is 5.44. The molecule has 0 saturated carbocycles. The second-order valence-electron chi connectivity index (χ2n) is 5.08. The first-order valence-electron chi connectivity index (χ1n) is 7.11. The molecule has 1 N–H and O–H groups in total. The highest BCUT2D eigenvalue weighted by atomic mass is 16.5. The monoisotopic (exact) mass is 264 g/mol. The van der Waals surface area contributed by atoms with E-state index in [9.17, 15) is 0 Å². The normalized spacial score (nSPS) is 20.3. The molecule has 1 saturated heterocycles. The molecule has 0 bridgehead atoms. The Hall–Kier alpha value is -1.36. The number of hydrogen-bond donors (Lipinski definition) is 1. The van der Waals surface area contributed by atoms with Crippen molar-refractivity contribution in [2.24, 2.45) is 0 Å². The summed E-state index contributed by atoms with van der Waals surface area (Å²) in [7, 11) is 2.20. The summed E-state index contributed by atoms with van der Waals surface area (Å²) in [6.07, 6.45) is 3.89. The van der Waals surface area contributed by atoms with Gasteiger partial charge in [-0.15, -0.1) is 0 Å². The molecule has 106 valence electrons. The van der Waals surface area contributed by atoms with Gasteiger partial charge in [-0.2, -0.15) is 4.98 Å². The lowest BCUT2D eigenvalue weighted by atomic mass is 10.0. The van der Waals surface area contributed by atoms with Crippen molar-refractivity contribution in [3.05, 3.63) is 11.9 Å². The van der Waals surface area contributed by atoms with Gasteiger partial charge in [0.2, 0.25) is 5.88 Å². The van der Waals surface area contributed by atoms with Gasteiger partial charge in [0, 0.05) is 18.7 Å². The first-order valence-corrected chi connectivity index (χ1v) is 7.11. The van der Waals surface area contributed by atoms with Gasteiger partial charge in [0.25, 0.3) is 0 Å². The van der Waals surface area contributed by atoms with E-state index in [-0.39, 0.29) is 0 Å². The molecule has 0 spiro atoms. The van der Waals surface area contributed by atoms with Gasteiger partial charge >= 0.3 is 0 Å². The van der Waals surface area contributed by atoms with E-state index in [0.29, 0.717) is 18.5 Å². The van der Waals surface area contributed by atoms with Crippen LogP contribution >= 0.6 is 0 Å². The van der Waals surface area contributed by atoms with Crippen molar-refractivity contribution in [2.45, 2.75) is 39.2 Å². The minimum Gasteiger partial charge on any atom is -0.478 e. The fourth-order valence-electron chi connectivity index (χ4n) is 2.48. The molecule has 1 aromatic heterocycles. The van der Waals surface area contributed by atoms with Crippen LogP contribution in [0.25, 0.3) is 0 Å². The van der Waals surface area contributed by atoms with Gasteiger partial charge in [0.05, 0.1) is 6.61 Å². The predicted octanol–water partition coefficient (Wildman–Crippen LogP) is 2.08. The van der Waals surface area contributed by atoms with Crippen molar-refractivity contribution in [2.75, 3.05) is 32.1 Å². The number of hydrogen-bond acceptors (Lipinski definition) is 5. The van der Waals surface area contributed by atoms with Gasteiger partial charge in [-0.05, 0) is 40.3 Å². The van der Waals surface area contributed by atoms with Crippen LogP contribution in [-0.2, 0) is 0 Å². The van der Waals surface area contributed by atoms with E-state index in [4.69, 9.17) is 4.74 Å². The number of nitrogens with zero attached hydrogens (tertiary/aromatic N) is 3. The maximum Gasteiger partial charge on any atom is 0.218 e. The second-order valence-corrected chi connectivity index (χ2v) is 5.08. The lowest BCUT2D eigenvalue weighted by molar-refractivity contribution is 0.194. The Bertz CT molecular complexity index is 410. The number of nitrogens with one attached hydrogen (secondary N) is 1. The molecular weight excluding hydrogens is 240 g/mol. The molecule has 5 heteroatoms. The van der Waals surface area contributed by atoms with Crippen LogP contribution in [-0.4, -0.2) is 47.7 Å². The Balaban J connectivity index is 1.94. The third-order valence-corrected chi connectivity index (χ3v) is 3.55. The molecule has 1 atom stereocenters. The zero-order valence-electron chi connectivity index (χ0n) is 12.1. The quantitative estimate of drug-likeness (QED) is 0.882. The molecule has 0 amide bonds.